The number of amides is 1. The van der Waals surface area contributed by atoms with Crippen molar-refractivity contribution in [1.82, 2.24) is 20.5 Å². The molecule has 19 heavy (non-hydrogen) atoms. The number of H-pyrrole nitrogens is 1. The van der Waals surface area contributed by atoms with Crippen LogP contribution in [-0.2, 0) is 12.8 Å². The minimum atomic E-state index is -0.243. The number of anilines is 1. The Labute approximate surface area is 115 Å². The number of hydrogen-bond acceptors (Lipinski definition) is 5. The molecule has 102 valence electrons. The molecule has 0 aliphatic rings. The number of carbonyl (C=O) groups excluding carboxylic acids is 1. The molecule has 0 bridgehead atoms. The Kier molecular flexibility index (Phi) is 4.51. The Hall–Kier alpha value is -1.89. The van der Waals surface area contributed by atoms with Crippen molar-refractivity contribution >= 4 is 22.9 Å². The van der Waals surface area contributed by atoms with Gasteiger partial charge < -0.3 is 11.1 Å². The van der Waals surface area contributed by atoms with Gasteiger partial charge in [0, 0.05) is 24.5 Å². The summed E-state index contributed by atoms with van der Waals surface area (Å²) in [5, 5.41) is 12.5. The van der Waals surface area contributed by atoms with E-state index in [1.54, 1.807) is 17.5 Å². The molecular formula is C12H17N5OS. The Balaban J connectivity index is 1.89. The predicted octanol–water partition coefficient (Wildman–Crippen LogP) is 1.37. The molecule has 0 unspecified atom stereocenters. The van der Waals surface area contributed by atoms with Gasteiger partial charge in [-0.25, -0.2) is 4.98 Å². The SMILES string of the molecule is CCCc1[nH]nc(C(=O)NCCc2nccs2)c1N. The van der Waals surface area contributed by atoms with E-state index >= 15 is 0 Å². The zero-order chi connectivity index (χ0) is 13.7. The summed E-state index contributed by atoms with van der Waals surface area (Å²) >= 11 is 1.58. The molecule has 0 fully saturated rings. The highest BCUT2D eigenvalue weighted by atomic mass is 32.1. The second-order valence-electron chi connectivity index (χ2n) is 4.15. The fraction of sp³-hybridized carbons (Fsp3) is 0.417. The van der Waals surface area contributed by atoms with Crippen LogP contribution >= 0.6 is 11.3 Å². The van der Waals surface area contributed by atoms with Gasteiger partial charge >= 0.3 is 0 Å². The number of aromatic amines is 1. The van der Waals surface area contributed by atoms with Crippen LogP contribution in [0, 0.1) is 0 Å². The molecule has 0 saturated carbocycles. The predicted molar refractivity (Wildman–Crippen MR) is 75.1 cm³/mol. The van der Waals surface area contributed by atoms with Crippen LogP contribution < -0.4 is 11.1 Å². The number of nitrogens with two attached hydrogens (primary N) is 1. The fourth-order valence-electron chi connectivity index (χ4n) is 1.74. The highest BCUT2D eigenvalue weighted by Gasteiger charge is 2.16. The Bertz CT molecular complexity index is 534. The van der Waals surface area contributed by atoms with E-state index in [9.17, 15) is 4.79 Å². The molecule has 4 N–H and O–H groups in total. The molecule has 2 aromatic heterocycles. The molecular weight excluding hydrogens is 262 g/mol. The van der Waals surface area contributed by atoms with E-state index in [2.05, 4.69) is 20.5 Å². The topological polar surface area (TPSA) is 96.7 Å². The third-order valence-electron chi connectivity index (χ3n) is 2.71. The molecule has 2 aromatic rings. The summed E-state index contributed by atoms with van der Waals surface area (Å²) in [5.41, 5.74) is 7.45. The van der Waals surface area contributed by atoms with Crippen LogP contribution in [0.25, 0.3) is 0 Å². The van der Waals surface area contributed by atoms with Crippen molar-refractivity contribution in [3.8, 4) is 0 Å². The van der Waals surface area contributed by atoms with E-state index < -0.39 is 0 Å². The van der Waals surface area contributed by atoms with E-state index in [1.165, 1.54) is 0 Å². The lowest BCUT2D eigenvalue weighted by Gasteiger charge is -2.02. The molecule has 1 amide bonds. The van der Waals surface area contributed by atoms with Crippen LogP contribution in [0.2, 0.25) is 0 Å². The van der Waals surface area contributed by atoms with Gasteiger partial charge in [0.1, 0.15) is 0 Å². The van der Waals surface area contributed by atoms with Gasteiger partial charge in [0.2, 0.25) is 0 Å². The monoisotopic (exact) mass is 279 g/mol. The maximum atomic E-state index is 11.9. The molecule has 2 rings (SSSR count). The van der Waals surface area contributed by atoms with Crippen LogP contribution in [0.15, 0.2) is 11.6 Å². The minimum Gasteiger partial charge on any atom is -0.395 e. The van der Waals surface area contributed by atoms with Crippen molar-refractivity contribution < 1.29 is 4.79 Å². The lowest BCUT2D eigenvalue weighted by Crippen LogP contribution is -2.26. The normalized spacial score (nSPS) is 10.6. The average Bonchev–Trinajstić information content (AvgIpc) is 3.01. The second-order valence-corrected chi connectivity index (χ2v) is 5.13. The number of nitrogens with one attached hydrogen (secondary N) is 2. The number of aromatic nitrogens is 3. The molecule has 6 nitrogen and oxygen atoms in total. The van der Waals surface area contributed by atoms with E-state index in [0.717, 1.165) is 30.0 Å². The number of aryl methyl sites for hydroxylation is 1. The van der Waals surface area contributed by atoms with E-state index in [-0.39, 0.29) is 11.6 Å². The van der Waals surface area contributed by atoms with Crippen molar-refractivity contribution in [2.24, 2.45) is 0 Å². The maximum Gasteiger partial charge on any atom is 0.273 e. The van der Waals surface area contributed by atoms with Crippen LogP contribution in [0.4, 0.5) is 5.69 Å². The van der Waals surface area contributed by atoms with E-state index in [4.69, 9.17) is 5.73 Å². The number of hydrogen-bond donors (Lipinski definition) is 3. The minimum absolute atomic E-state index is 0.243. The van der Waals surface area contributed by atoms with Crippen molar-refractivity contribution in [3.63, 3.8) is 0 Å². The summed E-state index contributed by atoms with van der Waals surface area (Å²) in [4.78, 5) is 16.1. The van der Waals surface area contributed by atoms with Gasteiger partial charge in [-0.15, -0.1) is 11.3 Å². The van der Waals surface area contributed by atoms with Gasteiger partial charge in [-0.1, -0.05) is 13.3 Å². The largest absolute Gasteiger partial charge is 0.395 e. The number of carbonyl (C=O) groups is 1. The standard InChI is InChI=1S/C12H17N5OS/c1-2-3-8-10(13)11(17-16-8)12(18)15-5-4-9-14-6-7-19-9/h6-7H,2-5,13H2,1H3,(H,15,18)(H,16,17). The van der Waals surface area contributed by atoms with Gasteiger partial charge in [0.15, 0.2) is 5.69 Å². The summed E-state index contributed by atoms with van der Waals surface area (Å²) in [6.07, 6.45) is 4.23. The van der Waals surface area contributed by atoms with Crippen molar-refractivity contribution in [3.05, 3.63) is 28.0 Å². The lowest BCUT2D eigenvalue weighted by molar-refractivity contribution is 0.0950. The van der Waals surface area contributed by atoms with E-state index in [0.29, 0.717) is 12.2 Å². The molecule has 0 aliphatic heterocycles. The van der Waals surface area contributed by atoms with Gasteiger partial charge in [0.25, 0.3) is 5.91 Å². The summed E-state index contributed by atoms with van der Waals surface area (Å²) < 4.78 is 0. The Morgan fingerprint density at radius 1 is 1.53 bits per heavy atom. The van der Waals surface area contributed by atoms with Gasteiger partial charge in [-0.05, 0) is 6.42 Å². The molecule has 0 aliphatic carbocycles. The van der Waals surface area contributed by atoms with Crippen LogP contribution in [0.1, 0.15) is 34.5 Å². The fourth-order valence-corrected chi connectivity index (χ4v) is 2.36. The molecule has 0 spiro atoms. The summed E-state index contributed by atoms with van der Waals surface area (Å²) in [5.74, 6) is -0.243. The van der Waals surface area contributed by atoms with Crippen molar-refractivity contribution in [2.45, 2.75) is 26.2 Å². The van der Waals surface area contributed by atoms with Crippen LogP contribution in [0.5, 0.6) is 0 Å². The molecule has 7 heteroatoms. The number of thiazole rings is 1. The number of nitrogen functional groups attached to an aromatic ring is 1. The van der Waals surface area contributed by atoms with Crippen molar-refractivity contribution in [1.29, 1.82) is 0 Å². The van der Waals surface area contributed by atoms with Crippen LogP contribution in [0.3, 0.4) is 0 Å². The van der Waals surface area contributed by atoms with E-state index in [1.807, 2.05) is 12.3 Å². The van der Waals surface area contributed by atoms with Gasteiger partial charge in [0.05, 0.1) is 16.4 Å². The first-order valence-corrected chi connectivity index (χ1v) is 7.09. The molecule has 0 atom stereocenters. The lowest BCUT2D eigenvalue weighted by atomic mass is 10.2. The zero-order valence-electron chi connectivity index (χ0n) is 10.8. The summed E-state index contributed by atoms with van der Waals surface area (Å²) in [6.45, 7) is 2.58. The first-order valence-electron chi connectivity index (χ1n) is 6.21. The van der Waals surface area contributed by atoms with Gasteiger partial charge in [-0.3, -0.25) is 9.89 Å². The molecule has 0 aromatic carbocycles. The highest BCUT2D eigenvalue weighted by molar-refractivity contribution is 7.09. The smallest absolute Gasteiger partial charge is 0.273 e. The second kappa shape index (κ2) is 6.33. The molecule has 0 saturated heterocycles. The van der Waals surface area contributed by atoms with Gasteiger partial charge in [-0.2, -0.15) is 5.10 Å². The zero-order valence-corrected chi connectivity index (χ0v) is 11.6. The summed E-state index contributed by atoms with van der Waals surface area (Å²) in [7, 11) is 0. The highest BCUT2D eigenvalue weighted by Crippen LogP contribution is 2.15. The Morgan fingerprint density at radius 2 is 2.37 bits per heavy atom. The first kappa shape index (κ1) is 13.5. The molecule has 0 radical (unpaired) electrons. The number of rotatable bonds is 6. The molecule has 2 heterocycles. The third kappa shape index (κ3) is 3.31. The maximum absolute atomic E-state index is 11.9. The first-order chi connectivity index (χ1) is 9.22. The number of nitrogens with zero attached hydrogens (tertiary/aromatic N) is 2. The quantitative estimate of drug-likeness (QED) is 0.744. The Morgan fingerprint density at radius 3 is 3.05 bits per heavy atom. The third-order valence-corrected chi connectivity index (χ3v) is 3.55. The van der Waals surface area contributed by atoms with Crippen LogP contribution in [-0.4, -0.2) is 27.6 Å². The average molecular weight is 279 g/mol. The summed E-state index contributed by atoms with van der Waals surface area (Å²) in [6, 6.07) is 0. The van der Waals surface area contributed by atoms with Crippen molar-refractivity contribution in [2.75, 3.05) is 12.3 Å².